The van der Waals surface area contributed by atoms with Gasteiger partial charge < -0.3 is 19.7 Å². The first-order valence-corrected chi connectivity index (χ1v) is 10.7. The van der Waals surface area contributed by atoms with E-state index in [4.69, 9.17) is 9.47 Å². The van der Waals surface area contributed by atoms with Crippen LogP contribution in [0, 0.1) is 11.8 Å². The maximum absolute atomic E-state index is 13.3. The molecule has 2 fully saturated rings. The molecule has 3 heterocycles. The SMILES string of the molecule is COc1ccccc1CNC(=O)C1[C@@H]2C=C[C@@]3(CN(CCc4ccccc4)C(=O)[C@@H]13)O2. The van der Waals surface area contributed by atoms with Crippen molar-refractivity contribution in [3.8, 4) is 5.75 Å². The fraction of sp³-hybridized carbons (Fsp3) is 0.360. The summed E-state index contributed by atoms with van der Waals surface area (Å²) < 4.78 is 11.6. The van der Waals surface area contributed by atoms with Crippen molar-refractivity contribution < 1.29 is 19.1 Å². The number of amides is 2. The Kier molecular flexibility index (Phi) is 5.02. The molecular weight excluding hydrogens is 392 g/mol. The number of rotatable bonds is 7. The Hall–Kier alpha value is -3.12. The standard InChI is InChI=1S/C25H26N2O4/c1-30-19-10-6-5-9-18(19)15-26-23(28)21-20-11-13-25(31-20)16-27(24(29)22(21)25)14-12-17-7-3-2-4-8-17/h2-11,13,20-22H,12,14-16H2,1H3,(H,26,28)/t20-,21?,22+,25-/m0/s1. The van der Waals surface area contributed by atoms with Gasteiger partial charge >= 0.3 is 0 Å². The molecule has 3 aliphatic rings. The molecule has 1 N–H and O–H groups in total. The van der Waals surface area contributed by atoms with Crippen LogP contribution < -0.4 is 10.1 Å². The second kappa shape index (κ2) is 7.85. The van der Waals surface area contributed by atoms with E-state index in [0.29, 0.717) is 19.6 Å². The Morgan fingerprint density at radius 2 is 1.97 bits per heavy atom. The van der Waals surface area contributed by atoms with E-state index in [1.165, 1.54) is 5.56 Å². The number of benzene rings is 2. The molecule has 2 saturated heterocycles. The lowest BCUT2D eigenvalue weighted by Crippen LogP contribution is -2.44. The Labute approximate surface area is 181 Å². The highest BCUT2D eigenvalue weighted by atomic mass is 16.5. The summed E-state index contributed by atoms with van der Waals surface area (Å²) in [5.74, 6) is -0.372. The van der Waals surface area contributed by atoms with Gasteiger partial charge in [-0.1, -0.05) is 60.7 Å². The van der Waals surface area contributed by atoms with Gasteiger partial charge in [0.2, 0.25) is 11.8 Å². The predicted molar refractivity (Wildman–Crippen MR) is 115 cm³/mol. The number of nitrogens with one attached hydrogen (secondary N) is 1. The number of fused-ring (bicyclic) bond motifs is 1. The topological polar surface area (TPSA) is 67.9 Å². The van der Waals surface area contributed by atoms with Crippen LogP contribution in [0.5, 0.6) is 5.75 Å². The summed E-state index contributed by atoms with van der Waals surface area (Å²) in [6, 6.07) is 17.7. The van der Waals surface area contributed by atoms with Crippen LogP contribution in [0.1, 0.15) is 11.1 Å². The third-order valence-corrected chi connectivity index (χ3v) is 6.64. The molecule has 0 aromatic heterocycles. The van der Waals surface area contributed by atoms with Gasteiger partial charge in [0.1, 0.15) is 11.4 Å². The molecule has 3 aliphatic heterocycles. The molecule has 2 aromatic rings. The second-order valence-electron chi connectivity index (χ2n) is 8.43. The molecule has 1 unspecified atom stereocenters. The smallest absolute Gasteiger partial charge is 0.230 e. The summed E-state index contributed by atoms with van der Waals surface area (Å²) in [7, 11) is 1.61. The van der Waals surface area contributed by atoms with Crippen molar-refractivity contribution >= 4 is 11.8 Å². The van der Waals surface area contributed by atoms with Crippen LogP contribution in [0.3, 0.4) is 0 Å². The summed E-state index contributed by atoms with van der Waals surface area (Å²) in [6.07, 6.45) is 4.38. The zero-order valence-corrected chi connectivity index (χ0v) is 17.5. The van der Waals surface area contributed by atoms with Gasteiger partial charge in [0.15, 0.2) is 0 Å². The van der Waals surface area contributed by atoms with Crippen molar-refractivity contribution in [2.45, 2.75) is 24.7 Å². The molecule has 0 radical (unpaired) electrons. The van der Waals surface area contributed by atoms with Crippen LogP contribution in [0.15, 0.2) is 66.7 Å². The number of carbonyl (C=O) groups is 2. The molecule has 4 atom stereocenters. The minimum Gasteiger partial charge on any atom is -0.496 e. The number of ether oxygens (including phenoxy) is 2. The van der Waals surface area contributed by atoms with E-state index in [1.54, 1.807) is 7.11 Å². The van der Waals surface area contributed by atoms with E-state index in [2.05, 4.69) is 17.4 Å². The maximum atomic E-state index is 13.3. The molecule has 2 aromatic carbocycles. The third kappa shape index (κ3) is 3.41. The Morgan fingerprint density at radius 3 is 2.77 bits per heavy atom. The molecule has 6 heteroatoms. The van der Waals surface area contributed by atoms with Gasteiger partial charge in [-0.2, -0.15) is 0 Å². The first kappa shape index (κ1) is 19.8. The van der Waals surface area contributed by atoms with Gasteiger partial charge in [-0.3, -0.25) is 9.59 Å². The number of nitrogens with zero attached hydrogens (tertiary/aromatic N) is 1. The van der Waals surface area contributed by atoms with Crippen molar-refractivity contribution in [3.05, 3.63) is 77.9 Å². The van der Waals surface area contributed by atoms with Crippen molar-refractivity contribution in [1.82, 2.24) is 10.2 Å². The van der Waals surface area contributed by atoms with Crippen LogP contribution >= 0.6 is 0 Å². The highest BCUT2D eigenvalue weighted by Crippen LogP contribution is 2.51. The largest absolute Gasteiger partial charge is 0.496 e. The predicted octanol–water partition coefficient (Wildman–Crippen LogP) is 2.34. The van der Waals surface area contributed by atoms with E-state index in [0.717, 1.165) is 17.7 Å². The van der Waals surface area contributed by atoms with Crippen LogP contribution in [0.4, 0.5) is 0 Å². The van der Waals surface area contributed by atoms with E-state index < -0.39 is 17.4 Å². The average Bonchev–Trinajstić information content (AvgIpc) is 3.45. The lowest BCUT2D eigenvalue weighted by molar-refractivity contribution is -0.137. The number of hydrogen-bond acceptors (Lipinski definition) is 4. The first-order chi connectivity index (χ1) is 15.1. The van der Waals surface area contributed by atoms with Crippen LogP contribution in [-0.2, 0) is 27.3 Å². The minimum atomic E-state index is -0.676. The summed E-state index contributed by atoms with van der Waals surface area (Å²) in [6.45, 7) is 1.48. The molecule has 0 saturated carbocycles. The molecule has 1 spiro atoms. The minimum absolute atomic E-state index is 0.0141. The number of hydrogen-bond donors (Lipinski definition) is 1. The van der Waals surface area contributed by atoms with Crippen LogP contribution in [0.2, 0.25) is 0 Å². The average molecular weight is 418 g/mol. The quantitative estimate of drug-likeness (QED) is 0.701. The van der Waals surface area contributed by atoms with Gasteiger partial charge in [-0.25, -0.2) is 0 Å². The van der Waals surface area contributed by atoms with E-state index >= 15 is 0 Å². The summed E-state index contributed by atoms with van der Waals surface area (Å²) in [5.41, 5.74) is 1.41. The zero-order valence-electron chi connectivity index (χ0n) is 17.5. The number of carbonyl (C=O) groups excluding carboxylic acids is 2. The van der Waals surface area contributed by atoms with Crippen molar-refractivity contribution in [1.29, 1.82) is 0 Å². The van der Waals surface area contributed by atoms with Crippen LogP contribution in [0.25, 0.3) is 0 Å². The lowest BCUT2D eigenvalue weighted by atomic mass is 9.77. The molecule has 2 bridgehead atoms. The molecule has 160 valence electrons. The highest BCUT2D eigenvalue weighted by molar-refractivity contribution is 5.93. The maximum Gasteiger partial charge on any atom is 0.230 e. The van der Waals surface area contributed by atoms with E-state index in [9.17, 15) is 9.59 Å². The number of methoxy groups -OCH3 is 1. The van der Waals surface area contributed by atoms with Gasteiger partial charge in [0.05, 0.1) is 31.6 Å². The molecule has 31 heavy (non-hydrogen) atoms. The highest BCUT2D eigenvalue weighted by Gasteiger charge is 2.66. The van der Waals surface area contributed by atoms with Gasteiger partial charge in [0.25, 0.3) is 0 Å². The number of likely N-dealkylation sites (tertiary alicyclic amines) is 1. The fourth-order valence-electron chi connectivity index (χ4n) is 5.12. The van der Waals surface area contributed by atoms with Crippen molar-refractivity contribution in [3.63, 3.8) is 0 Å². The summed E-state index contributed by atoms with van der Waals surface area (Å²) in [5, 5.41) is 3.00. The normalized spacial score (nSPS) is 28.1. The molecule has 2 amide bonds. The van der Waals surface area contributed by atoms with E-state index in [-0.39, 0.29) is 17.9 Å². The van der Waals surface area contributed by atoms with Crippen molar-refractivity contribution in [2.24, 2.45) is 11.8 Å². The van der Waals surface area contributed by atoms with Gasteiger partial charge in [-0.05, 0) is 18.1 Å². The van der Waals surface area contributed by atoms with Crippen molar-refractivity contribution in [2.75, 3.05) is 20.2 Å². The molecule has 6 nitrogen and oxygen atoms in total. The first-order valence-electron chi connectivity index (χ1n) is 10.7. The second-order valence-corrected chi connectivity index (χ2v) is 8.43. The molecular formula is C25H26N2O4. The van der Waals surface area contributed by atoms with Gasteiger partial charge in [-0.15, -0.1) is 0 Å². The molecule has 0 aliphatic carbocycles. The fourth-order valence-corrected chi connectivity index (χ4v) is 5.12. The monoisotopic (exact) mass is 418 g/mol. The number of para-hydroxylation sites is 1. The third-order valence-electron chi connectivity index (χ3n) is 6.64. The Bertz CT molecular complexity index is 1020. The summed E-state index contributed by atoms with van der Waals surface area (Å²) >= 11 is 0. The van der Waals surface area contributed by atoms with Gasteiger partial charge in [0, 0.05) is 18.7 Å². The summed E-state index contributed by atoms with van der Waals surface area (Å²) in [4.78, 5) is 28.3. The van der Waals surface area contributed by atoms with E-state index in [1.807, 2.05) is 59.5 Å². The zero-order chi connectivity index (χ0) is 21.4. The van der Waals surface area contributed by atoms with Crippen LogP contribution in [-0.4, -0.2) is 48.6 Å². The Balaban J connectivity index is 1.28. The molecule has 5 rings (SSSR count). The Morgan fingerprint density at radius 1 is 1.19 bits per heavy atom. The lowest BCUT2D eigenvalue weighted by Gasteiger charge is -2.23.